The Hall–Kier alpha value is -2.79. The van der Waals surface area contributed by atoms with Crippen molar-refractivity contribution in [3.05, 3.63) is 40.7 Å². The summed E-state index contributed by atoms with van der Waals surface area (Å²) in [6, 6.07) is 3.69. The molecule has 0 aliphatic carbocycles. The molecule has 144 valence electrons. The van der Waals surface area contributed by atoms with E-state index in [1.165, 1.54) is 13.3 Å². The zero-order valence-electron chi connectivity index (χ0n) is 15.8. The summed E-state index contributed by atoms with van der Waals surface area (Å²) in [5.74, 6) is 1.47. The molecule has 0 spiro atoms. The Kier molecular flexibility index (Phi) is 6.05. The van der Waals surface area contributed by atoms with E-state index in [-0.39, 0.29) is 18.6 Å². The minimum Gasteiger partial charge on any atom is -0.469 e. The van der Waals surface area contributed by atoms with Gasteiger partial charge in [-0.25, -0.2) is 5.26 Å². The Morgan fingerprint density at radius 1 is 1.57 bits per heavy atom. The molecule has 1 fully saturated rings. The molecule has 1 aromatic heterocycles. The fourth-order valence-electron chi connectivity index (χ4n) is 3.81. The number of rotatable bonds is 5. The summed E-state index contributed by atoms with van der Waals surface area (Å²) in [5, 5.41) is 25.0. The first-order valence-electron chi connectivity index (χ1n) is 9.03. The molecule has 7 nitrogen and oxygen atoms in total. The number of benzene rings is 1. The average molecular weight is 398 g/mol. The molecular weight excluding hydrogens is 377 g/mol. The normalized spacial score (nSPS) is 19.0. The van der Waals surface area contributed by atoms with Crippen LogP contribution in [0, 0.1) is 16.6 Å². The molecule has 0 radical (unpaired) electrons. The van der Waals surface area contributed by atoms with Crippen LogP contribution in [-0.2, 0) is 16.6 Å². The molecule has 28 heavy (non-hydrogen) atoms. The van der Waals surface area contributed by atoms with Gasteiger partial charge in [0.25, 0.3) is 6.71 Å². The minimum absolute atomic E-state index is 0.0374. The van der Waals surface area contributed by atoms with E-state index >= 15 is 0 Å². The molecule has 9 heteroatoms. The highest BCUT2D eigenvalue weighted by molar-refractivity contribution is 6.71. The fraction of sp³-hybridized carbons (Fsp3) is 0.368. The van der Waals surface area contributed by atoms with Crippen LogP contribution in [0.2, 0.25) is 17.2 Å². The zero-order chi connectivity index (χ0) is 20.3. The predicted molar refractivity (Wildman–Crippen MR) is 110 cm³/mol. The molecule has 3 rings (SSSR count). The van der Waals surface area contributed by atoms with Gasteiger partial charge in [-0.05, 0) is 30.0 Å². The lowest BCUT2D eigenvalue weighted by atomic mass is 9.35. The van der Waals surface area contributed by atoms with Crippen molar-refractivity contribution >= 4 is 41.9 Å². The Bertz CT molecular complexity index is 939. The van der Waals surface area contributed by atoms with Gasteiger partial charge in [-0.2, -0.15) is 5.10 Å². The maximum absolute atomic E-state index is 12.2. The van der Waals surface area contributed by atoms with E-state index in [0.717, 1.165) is 23.4 Å². The minimum atomic E-state index is -0.457. The van der Waals surface area contributed by atoms with Gasteiger partial charge in [-0.15, -0.1) is 0 Å². The number of nitrogens with one attached hydrogen (secondary N) is 2. The van der Waals surface area contributed by atoms with E-state index < -0.39 is 5.82 Å². The number of aromatic nitrogens is 2. The van der Waals surface area contributed by atoms with E-state index in [9.17, 15) is 10.1 Å². The molecular formula is C19H21BClN5O2. The van der Waals surface area contributed by atoms with Crippen LogP contribution < -0.4 is 5.32 Å². The third-order valence-corrected chi connectivity index (χ3v) is 5.60. The number of hydrogen-bond acceptors (Lipinski definition) is 6. The van der Waals surface area contributed by atoms with Gasteiger partial charge in [0.2, 0.25) is 0 Å². The maximum atomic E-state index is 12.2. The predicted octanol–water partition coefficient (Wildman–Crippen LogP) is 3.79. The largest absolute Gasteiger partial charge is 0.469 e. The van der Waals surface area contributed by atoms with Gasteiger partial charge in [0, 0.05) is 41.7 Å². The number of hydrogen-bond donors (Lipinski definition) is 2. The van der Waals surface area contributed by atoms with E-state index in [0.29, 0.717) is 23.3 Å². The number of esters is 1. The van der Waals surface area contributed by atoms with Crippen molar-refractivity contribution in [1.82, 2.24) is 9.78 Å². The lowest BCUT2D eigenvalue weighted by Gasteiger charge is -2.30. The summed E-state index contributed by atoms with van der Waals surface area (Å²) in [4.78, 5) is 12.2. The number of methoxy groups -OCH3 is 1. The Balaban J connectivity index is 1.92. The summed E-state index contributed by atoms with van der Waals surface area (Å²) >= 11 is 6.52. The SMILES string of the molecule is COC(=O)C1CC(c2cc(Nc3cnn(C)c3)c(C=N)cc2Cl)CCB1C#N. The molecule has 0 bridgehead atoms. The van der Waals surface area contributed by atoms with Crippen LogP contribution >= 0.6 is 11.6 Å². The second kappa shape index (κ2) is 8.49. The van der Waals surface area contributed by atoms with Crippen molar-refractivity contribution in [1.29, 1.82) is 10.7 Å². The number of nitriles is 1. The van der Waals surface area contributed by atoms with Crippen LogP contribution in [0.1, 0.15) is 29.9 Å². The lowest BCUT2D eigenvalue weighted by Crippen LogP contribution is -2.33. The number of anilines is 2. The molecule has 1 aliphatic heterocycles. The molecule has 1 saturated heterocycles. The smallest absolute Gasteiger partial charge is 0.302 e. The topological polar surface area (TPSA) is 104 Å². The van der Waals surface area contributed by atoms with Crippen molar-refractivity contribution in [2.45, 2.75) is 30.9 Å². The van der Waals surface area contributed by atoms with Gasteiger partial charge in [-0.1, -0.05) is 24.3 Å². The van der Waals surface area contributed by atoms with Crippen molar-refractivity contribution in [3.8, 4) is 5.97 Å². The van der Waals surface area contributed by atoms with E-state index in [4.69, 9.17) is 21.7 Å². The molecule has 1 aliphatic rings. The van der Waals surface area contributed by atoms with Gasteiger partial charge in [-0.3, -0.25) is 9.48 Å². The summed E-state index contributed by atoms with van der Waals surface area (Å²) in [5.41, 5.74) is 3.12. The first-order valence-corrected chi connectivity index (χ1v) is 9.41. The van der Waals surface area contributed by atoms with E-state index in [1.54, 1.807) is 16.9 Å². The number of nitrogens with zero attached hydrogens (tertiary/aromatic N) is 3. The monoisotopic (exact) mass is 397 g/mol. The van der Waals surface area contributed by atoms with E-state index in [2.05, 4.69) is 16.4 Å². The van der Waals surface area contributed by atoms with Gasteiger partial charge >= 0.3 is 5.97 Å². The molecule has 2 atom stereocenters. The van der Waals surface area contributed by atoms with Gasteiger partial charge in [0.15, 0.2) is 0 Å². The average Bonchev–Trinajstić information content (AvgIpc) is 3.12. The highest BCUT2D eigenvalue weighted by atomic mass is 35.5. The van der Waals surface area contributed by atoms with Crippen molar-refractivity contribution < 1.29 is 9.53 Å². The number of aryl methyl sites for hydroxylation is 1. The summed E-state index contributed by atoms with van der Waals surface area (Å²) in [6.07, 6.45) is 6.69. The highest BCUT2D eigenvalue weighted by Gasteiger charge is 2.40. The Labute approximate surface area is 169 Å². The molecule has 2 unspecified atom stereocenters. The van der Waals surface area contributed by atoms with Crippen molar-refractivity contribution in [2.75, 3.05) is 12.4 Å². The van der Waals surface area contributed by atoms with Crippen LogP contribution in [0.25, 0.3) is 0 Å². The molecule has 0 saturated carbocycles. The number of carbonyl (C=O) groups is 1. The van der Waals surface area contributed by atoms with Crippen molar-refractivity contribution in [3.63, 3.8) is 0 Å². The van der Waals surface area contributed by atoms with Crippen molar-refractivity contribution in [2.24, 2.45) is 7.05 Å². The van der Waals surface area contributed by atoms with Gasteiger partial charge in [0.1, 0.15) is 0 Å². The summed E-state index contributed by atoms with van der Waals surface area (Å²) < 4.78 is 6.59. The summed E-state index contributed by atoms with van der Waals surface area (Å²) in [7, 11) is 3.18. The first-order chi connectivity index (χ1) is 13.5. The number of carbonyl (C=O) groups excluding carboxylic acids is 1. The Morgan fingerprint density at radius 2 is 2.36 bits per heavy atom. The first kappa shape index (κ1) is 20.0. The second-order valence-electron chi connectivity index (χ2n) is 7.01. The second-order valence-corrected chi connectivity index (χ2v) is 7.42. The number of ether oxygens (including phenoxy) is 1. The van der Waals surface area contributed by atoms with E-state index in [1.807, 2.05) is 19.3 Å². The molecule has 2 heterocycles. The highest BCUT2D eigenvalue weighted by Crippen LogP contribution is 2.43. The molecule has 0 amide bonds. The zero-order valence-corrected chi connectivity index (χ0v) is 16.5. The standard InChI is InChI=1S/C19H21BClN5O2/c1-26-10-14(9-24-26)25-18-7-15(17(21)6-13(18)8-22)12-3-4-20(11-23)16(5-12)19(27)28-2/h6-10,12,16,22,25H,3-5H2,1-2H3. The molecule has 2 N–H and O–H groups in total. The van der Waals surface area contributed by atoms with Gasteiger partial charge < -0.3 is 15.5 Å². The van der Waals surface area contributed by atoms with Crippen LogP contribution in [0.15, 0.2) is 24.5 Å². The molecule has 1 aromatic carbocycles. The van der Waals surface area contributed by atoms with Gasteiger partial charge in [0.05, 0.1) is 24.8 Å². The van der Waals surface area contributed by atoms with Crippen LogP contribution in [0.4, 0.5) is 11.4 Å². The fourth-order valence-corrected chi connectivity index (χ4v) is 4.13. The summed E-state index contributed by atoms with van der Waals surface area (Å²) in [6.45, 7) is -0.337. The third kappa shape index (κ3) is 4.05. The third-order valence-electron chi connectivity index (χ3n) is 5.27. The lowest BCUT2D eigenvalue weighted by molar-refractivity contribution is -0.140. The number of halogens is 1. The Morgan fingerprint density at radius 3 is 2.96 bits per heavy atom. The molecule has 2 aromatic rings. The quantitative estimate of drug-likeness (QED) is 0.454. The maximum Gasteiger partial charge on any atom is 0.302 e. The van der Waals surface area contributed by atoms with Crippen LogP contribution in [-0.4, -0.2) is 35.8 Å². The van der Waals surface area contributed by atoms with Crippen LogP contribution in [0.5, 0.6) is 0 Å². The van der Waals surface area contributed by atoms with Crippen LogP contribution in [0.3, 0.4) is 0 Å².